The van der Waals surface area contributed by atoms with Crippen LogP contribution in [0.15, 0.2) is 61.2 Å². The monoisotopic (exact) mass is 325 g/mol. The fourth-order valence-corrected chi connectivity index (χ4v) is 1.95. The van der Waals surface area contributed by atoms with Crippen molar-refractivity contribution in [3.8, 4) is 5.75 Å². The minimum absolute atomic E-state index is 0.262. The van der Waals surface area contributed by atoms with Gasteiger partial charge in [-0.25, -0.2) is 4.39 Å². The molecule has 0 aliphatic heterocycles. The number of hydrogen-bond acceptors (Lipinski definition) is 3. The second-order valence-corrected chi connectivity index (χ2v) is 4.86. The summed E-state index contributed by atoms with van der Waals surface area (Å²) in [5.41, 5.74) is 1.24. The predicted octanol–water partition coefficient (Wildman–Crippen LogP) is 3.85. The van der Waals surface area contributed by atoms with E-state index in [9.17, 15) is 14.0 Å². The lowest BCUT2D eigenvalue weighted by molar-refractivity contribution is -0.111. The summed E-state index contributed by atoms with van der Waals surface area (Å²) in [4.78, 5) is 23.3. The molecule has 0 aliphatic rings. The smallest absolute Gasteiger partial charge is 0.247 e. The van der Waals surface area contributed by atoms with Gasteiger partial charge >= 0.3 is 0 Å². The third-order valence-electron chi connectivity index (χ3n) is 3.24. The highest BCUT2D eigenvalue weighted by Gasteiger charge is 2.05. The van der Waals surface area contributed by atoms with E-state index < -0.39 is 5.82 Å². The van der Waals surface area contributed by atoms with Gasteiger partial charge < -0.3 is 10.1 Å². The second kappa shape index (κ2) is 7.87. The lowest BCUT2D eigenvalue weighted by Gasteiger charge is -2.03. The van der Waals surface area contributed by atoms with Crippen molar-refractivity contribution >= 4 is 23.5 Å². The number of halogens is 1. The van der Waals surface area contributed by atoms with Crippen LogP contribution < -0.4 is 10.1 Å². The molecule has 24 heavy (non-hydrogen) atoms. The van der Waals surface area contributed by atoms with Crippen molar-refractivity contribution in [2.24, 2.45) is 0 Å². The lowest BCUT2D eigenvalue weighted by atomic mass is 10.1. The standard InChI is InChI=1S/C19H16FNO3/c1-3-19(23)21-15-7-4-13(5-8-15)18(22)11-6-14-12-16(24-2)9-10-17(14)20/h3-12H,1H2,2H3,(H,21,23). The van der Waals surface area contributed by atoms with Crippen LogP contribution >= 0.6 is 0 Å². The summed E-state index contributed by atoms with van der Waals surface area (Å²) in [6.45, 7) is 3.36. The molecule has 0 saturated carbocycles. The summed E-state index contributed by atoms with van der Waals surface area (Å²) in [6.07, 6.45) is 3.84. The molecule has 4 nitrogen and oxygen atoms in total. The molecule has 122 valence electrons. The van der Waals surface area contributed by atoms with Crippen molar-refractivity contribution in [1.82, 2.24) is 0 Å². The van der Waals surface area contributed by atoms with E-state index in [1.165, 1.54) is 37.5 Å². The molecule has 1 N–H and O–H groups in total. The van der Waals surface area contributed by atoms with Gasteiger partial charge in [0.1, 0.15) is 11.6 Å². The highest BCUT2D eigenvalue weighted by Crippen LogP contribution is 2.18. The van der Waals surface area contributed by atoms with Gasteiger partial charge in [-0.2, -0.15) is 0 Å². The number of ether oxygens (including phenoxy) is 1. The molecule has 0 heterocycles. The van der Waals surface area contributed by atoms with Crippen LogP contribution in [0, 0.1) is 5.82 Å². The number of nitrogens with one attached hydrogen (secondary N) is 1. The van der Waals surface area contributed by atoms with E-state index in [4.69, 9.17) is 4.74 Å². The maximum atomic E-state index is 13.7. The summed E-state index contributed by atoms with van der Waals surface area (Å²) in [6, 6.07) is 10.7. The van der Waals surface area contributed by atoms with Crippen LogP contribution in [0.5, 0.6) is 5.75 Å². The van der Waals surface area contributed by atoms with Crippen LogP contribution in [0.25, 0.3) is 6.08 Å². The highest BCUT2D eigenvalue weighted by atomic mass is 19.1. The normalized spacial score (nSPS) is 10.4. The van der Waals surface area contributed by atoms with E-state index in [0.717, 1.165) is 6.08 Å². The molecule has 2 aromatic rings. The number of amides is 1. The van der Waals surface area contributed by atoms with Crippen LogP contribution in [0.4, 0.5) is 10.1 Å². The summed E-state index contributed by atoms with van der Waals surface area (Å²) in [5.74, 6) is -0.547. The van der Waals surface area contributed by atoms with E-state index in [-0.39, 0.29) is 17.3 Å². The Hall–Kier alpha value is -3.21. The molecule has 0 atom stereocenters. The van der Waals surface area contributed by atoms with Crippen molar-refractivity contribution < 1.29 is 18.7 Å². The quantitative estimate of drug-likeness (QED) is 0.648. The largest absolute Gasteiger partial charge is 0.497 e. The lowest BCUT2D eigenvalue weighted by Crippen LogP contribution is -2.07. The van der Waals surface area contributed by atoms with E-state index >= 15 is 0 Å². The number of anilines is 1. The first-order valence-corrected chi connectivity index (χ1v) is 7.13. The Bertz CT molecular complexity index is 795. The van der Waals surface area contributed by atoms with Gasteiger partial charge in [0.25, 0.3) is 0 Å². The van der Waals surface area contributed by atoms with E-state index in [0.29, 0.717) is 17.0 Å². The van der Waals surface area contributed by atoms with Gasteiger partial charge in [-0.3, -0.25) is 9.59 Å². The zero-order chi connectivity index (χ0) is 17.5. The average Bonchev–Trinajstić information content (AvgIpc) is 2.61. The Morgan fingerprint density at radius 3 is 2.50 bits per heavy atom. The van der Waals surface area contributed by atoms with Gasteiger partial charge in [0.05, 0.1) is 7.11 Å². The molecule has 0 saturated heterocycles. The summed E-state index contributed by atoms with van der Waals surface area (Å²) < 4.78 is 18.7. The third kappa shape index (κ3) is 4.39. The van der Waals surface area contributed by atoms with Gasteiger partial charge in [-0.15, -0.1) is 0 Å². The van der Waals surface area contributed by atoms with Crippen LogP contribution in [0.2, 0.25) is 0 Å². The molecule has 1 amide bonds. The number of methoxy groups -OCH3 is 1. The van der Waals surface area contributed by atoms with E-state index in [1.54, 1.807) is 24.3 Å². The van der Waals surface area contributed by atoms with Gasteiger partial charge in [-0.1, -0.05) is 6.58 Å². The van der Waals surface area contributed by atoms with Crippen molar-refractivity contribution in [1.29, 1.82) is 0 Å². The number of hydrogen-bond donors (Lipinski definition) is 1. The topological polar surface area (TPSA) is 55.4 Å². The Morgan fingerprint density at radius 2 is 1.88 bits per heavy atom. The van der Waals surface area contributed by atoms with Crippen molar-refractivity contribution in [2.75, 3.05) is 12.4 Å². The molecule has 0 aromatic heterocycles. The predicted molar refractivity (Wildman–Crippen MR) is 91.6 cm³/mol. The van der Waals surface area contributed by atoms with Crippen molar-refractivity contribution in [3.05, 3.63) is 78.1 Å². The second-order valence-electron chi connectivity index (χ2n) is 4.86. The fraction of sp³-hybridized carbons (Fsp3) is 0.0526. The molecule has 0 unspecified atom stereocenters. The maximum absolute atomic E-state index is 13.7. The Morgan fingerprint density at radius 1 is 1.17 bits per heavy atom. The molecule has 5 heteroatoms. The number of rotatable bonds is 6. The molecule has 2 rings (SSSR count). The average molecular weight is 325 g/mol. The SMILES string of the molecule is C=CC(=O)Nc1ccc(C(=O)C=Cc2cc(OC)ccc2F)cc1. The minimum atomic E-state index is -0.442. The molecule has 0 bridgehead atoms. The molecule has 2 aromatic carbocycles. The van der Waals surface area contributed by atoms with Crippen LogP contribution in [-0.2, 0) is 4.79 Å². The van der Waals surface area contributed by atoms with E-state index in [2.05, 4.69) is 11.9 Å². The van der Waals surface area contributed by atoms with Gasteiger partial charge in [0, 0.05) is 16.8 Å². The highest BCUT2D eigenvalue weighted by molar-refractivity contribution is 6.07. The van der Waals surface area contributed by atoms with Gasteiger partial charge in [0.2, 0.25) is 5.91 Å². The third-order valence-corrected chi connectivity index (χ3v) is 3.24. The number of allylic oxidation sites excluding steroid dienone is 1. The Kier molecular flexibility index (Phi) is 5.63. The fourth-order valence-electron chi connectivity index (χ4n) is 1.95. The van der Waals surface area contributed by atoms with Crippen LogP contribution in [0.3, 0.4) is 0 Å². The molecule has 0 fully saturated rings. The molecule has 0 radical (unpaired) electrons. The first kappa shape index (κ1) is 17.1. The summed E-state index contributed by atoms with van der Waals surface area (Å²) in [7, 11) is 1.48. The zero-order valence-electron chi connectivity index (χ0n) is 13.1. The minimum Gasteiger partial charge on any atom is -0.497 e. The first-order chi connectivity index (χ1) is 11.5. The van der Waals surface area contributed by atoms with Crippen LogP contribution in [0.1, 0.15) is 15.9 Å². The summed E-state index contributed by atoms with van der Waals surface area (Å²) in [5, 5.41) is 2.59. The number of ketones is 1. The number of carbonyl (C=O) groups excluding carboxylic acids is 2. The van der Waals surface area contributed by atoms with Gasteiger partial charge in [0.15, 0.2) is 5.78 Å². The number of carbonyl (C=O) groups is 2. The van der Waals surface area contributed by atoms with E-state index in [1.807, 2.05) is 0 Å². The Balaban J connectivity index is 2.12. The van der Waals surface area contributed by atoms with Crippen molar-refractivity contribution in [2.45, 2.75) is 0 Å². The first-order valence-electron chi connectivity index (χ1n) is 7.13. The zero-order valence-corrected chi connectivity index (χ0v) is 13.1. The molecular weight excluding hydrogens is 309 g/mol. The molecule has 0 spiro atoms. The molecule has 0 aliphatic carbocycles. The summed E-state index contributed by atoms with van der Waals surface area (Å²) >= 11 is 0. The maximum Gasteiger partial charge on any atom is 0.247 e. The van der Waals surface area contributed by atoms with Gasteiger partial charge in [-0.05, 0) is 60.7 Å². The van der Waals surface area contributed by atoms with Crippen LogP contribution in [-0.4, -0.2) is 18.8 Å². The van der Waals surface area contributed by atoms with Crippen molar-refractivity contribution in [3.63, 3.8) is 0 Å². The Labute approximate surface area is 139 Å². The number of benzene rings is 2. The molecular formula is C19H16FNO3.